The van der Waals surface area contributed by atoms with Crippen molar-refractivity contribution >= 4 is 5.97 Å². The van der Waals surface area contributed by atoms with Gasteiger partial charge in [0.15, 0.2) is 0 Å². The summed E-state index contributed by atoms with van der Waals surface area (Å²) in [6, 6.07) is 0. The van der Waals surface area contributed by atoms with Crippen LogP contribution in [0.5, 0.6) is 0 Å². The number of rotatable bonds is 1. The van der Waals surface area contributed by atoms with E-state index in [-0.39, 0.29) is 11.9 Å². The number of ether oxygens (including phenoxy) is 1. The first-order valence-electron chi connectivity index (χ1n) is 3.68. The van der Waals surface area contributed by atoms with E-state index in [1.165, 1.54) is 7.11 Å². The molecule has 0 saturated carbocycles. The molecule has 0 heterocycles. The summed E-state index contributed by atoms with van der Waals surface area (Å²) >= 11 is 0. The highest BCUT2D eigenvalue weighted by Crippen LogP contribution is 2.19. The van der Waals surface area contributed by atoms with Gasteiger partial charge < -0.3 is 9.84 Å². The molecule has 1 aliphatic rings. The first-order valence-corrected chi connectivity index (χ1v) is 3.68. The van der Waals surface area contributed by atoms with Crippen LogP contribution in [0.15, 0.2) is 12.2 Å². The number of methoxy groups -OCH3 is 1. The topological polar surface area (TPSA) is 46.5 Å². The van der Waals surface area contributed by atoms with Gasteiger partial charge in [-0.25, -0.2) is 0 Å². The standard InChI is InChI=1S/C8H12O3/c1-11-8(10)6-4-2-3-5-7(6)9/h3,5-7,9H,2,4H2,1H3. The van der Waals surface area contributed by atoms with Crippen molar-refractivity contribution in [1.82, 2.24) is 0 Å². The molecule has 1 aliphatic carbocycles. The maximum Gasteiger partial charge on any atom is 0.311 e. The molecule has 0 bridgehead atoms. The van der Waals surface area contributed by atoms with Gasteiger partial charge in [0.05, 0.1) is 19.1 Å². The van der Waals surface area contributed by atoms with Gasteiger partial charge in [0, 0.05) is 0 Å². The number of carbonyl (C=O) groups excluding carboxylic acids is 1. The summed E-state index contributed by atoms with van der Waals surface area (Å²) in [5, 5.41) is 9.28. The van der Waals surface area contributed by atoms with Crippen molar-refractivity contribution in [3.63, 3.8) is 0 Å². The predicted octanol–water partition coefficient (Wildman–Crippen LogP) is 0.486. The molecular formula is C8H12O3. The molecule has 0 aromatic rings. The molecule has 11 heavy (non-hydrogen) atoms. The molecule has 0 radical (unpaired) electrons. The maximum absolute atomic E-state index is 11.0. The Hall–Kier alpha value is -0.830. The fourth-order valence-corrected chi connectivity index (χ4v) is 1.22. The van der Waals surface area contributed by atoms with E-state index < -0.39 is 6.10 Å². The van der Waals surface area contributed by atoms with E-state index >= 15 is 0 Å². The predicted molar refractivity (Wildman–Crippen MR) is 39.9 cm³/mol. The Bertz CT molecular complexity index is 174. The lowest BCUT2D eigenvalue weighted by Gasteiger charge is -2.20. The molecule has 1 rings (SSSR count). The first kappa shape index (κ1) is 8.27. The molecule has 0 saturated heterocycles. The van der Waals surface area contributed by atoms with Crippen LogP contribution in [0.25, 0.3) is 0 Å². The van der Waals surface area contributed by atoms with E-state index in [1.807, 2.05) is 6.08 Å². The summed E-state index contributed by atoms with van der Waals surface area (Å²) in [6.07, 6.45) is 4.40. The fraction of sp³-hybridized carbons (Fsp3) is 0.625. The average Bonchev–Trinajstić information content (AvgIpc) is 2.04. The van der Waals surface area contributed by atoms with Crippen molar-refractivity contribution in [1.29, 1.82) is 0 Å². The van der Waals surface area contributed by atoms with E-state index in [0.717, 1.165) is 6.42 Å². The molecule has 2 atom stereocenters. The van der Waals surface area contributed by atoms with E-state index in [2.05, 4.69) is 4.74 Å². The van der Waals surface area contributed by atoms with Crippen molar-refractivity contribution in [2.75, 3.05) is 7.11 Å². The molecular weight excluding hydrogens is 144 g/mol. The number of aliphatic hydroxyl groups excluding tert-OH is 1. The number of aliphatic hydroxyl groups is 1. The third-order valence-electron chi connectivity index (χ3n) is 1.89. The summed E-state index contributed by atoms with van der Waals surface area (Å²) in [6.45, 7) is 0. The van der Waals surface area contributed by atoms with Crippen LogP contribution < -0.4 is 0 Å². The highest BCUT2D eigenvalue weighted by atomic mass is 16.5. The lowest BCUT2D eigenvalue weighted by molar-refractivity contribution is -0.148. The Kier molecular flexibility index (Phi) is 2.65. The number of carbonyl (C=O) groups is 1. The van der Waals surface area contributed by atoms with Crippen LogP contribution in [-0.2, 0) is 9.53 Å². The van der Waals surface area contributed by atoms with Crippen LogP contribution in [0, 0.1) is 5.92 Å². The van der Waals surface area contributed by atoms with Crippen LogP contribution in [-0.4, -0.2) is 24.3 Å². The summed E-state index contributed by atoms with van der Waals surface area (Å²) in [7, 11) is 1.34. The molecule has 0 aliphatic heterocycles. The second-order valence-electron chi connectivity index (χ2n) is 2.63. The minimum Gasteiger partial charge on any atom is -0.469 e. The van der Waals surface area contributed by atoms with E-state index in [4.69, 9.17) is 0 Å². The van der Waals surface area contributed by atoms with Crippen molar-refractivity contribution < 1.29 is 14.6 Å². The summed E-state index contributed by atoms with van der Waals surface area (Å²) < 4.78 is 4.53. The normalized spacial score (nSPS) is 30.0. The van der Waals surface area contributed by atoms with Crippen LogP contribution in [0.1, 0.15) is 12.8 Å². The molecule has 2 unspecified atom stereocenters. The van der Waals surface area contributed by atoms with E-state index in [1.54, 1.807) is 6.08 Å². The number of hydrogen-bond donors (Lipinski definition) is 1. The third-order valence-corrected chi connectivity index (χ3v) is 1.89. The van der Waals surface area contributed by atoms with Gasteiger partial charge in [-0.2, -0.15) is 0 Å². The Morgan fingerprint density at radius 1 is 1.73 bits per heavy atom. The molecule has 3 nitrogen and oxygen atoms in total. The second kappa shape index (κ2) is 3.53. The lowest BCUT2D eigenvalue weighted by Crippen LogP contribution is -2.29. The Balaban J connectivity index is 2.57. The Labute approximate surface area is 65.7 Å². The number of allylic oxidation sites excluding steroid dienone is 1. The number of esters is 1. The zero-order chi connectivity index (χ0) is 8.27. The molecule has 0 fully saturated rings. The highest BCUT2D eigenvalue weighted by Gasteiger charge is 2.26. The highest BCUT2D eigenvalue weighted by molar-refractivity contribution is 5.73. The largest absolute Gasteiger partial charge is 0.469 e. The fourth-order valence-electron chi connectivity index (χ4n) is 1.22. The van der Waals surface area contributed by atoms with Crippen molar-refractivity contribution in [3.05, 3.63) is 12.2 Å². The van der Waals surface area contributed by atoms with Crippen LogP contribution >= 0.6 is 0 Å². The van der Waals surface area contributed by atoms with Gasteiger partial charge >= 0.3 is 5.97 Å². The lowest BCUT2D eigenvalue weighted by atomic mass is 9.92. The summed E-state index contributed by atoms with van der Waals surface area (Å²) in [4.78, 5) is 11.0. The Morgan fingerprint density at radius 3 is 3.00 bits per heavy atom. The number of hydrogen-bond acceptors (Lipinski definition) is 3. The average molecular weight is 156 g/mol. The van der Waals surface area contributed by atoms with Crippen LogP contribution in [0.3, 0.4) is 0 Å². The molecule has 62 valence electrons. The SMILES string of the molecule is COC(=O)C1CCC=CC1O. The monoisotopic (exact) mass is 156 g/mol. The first-order chi connectivity index (χ1) is 5.25. The van der Waals surface area contributed by atoms with Gasteiger partial charge in [-0.3, -0.25) is 4.79 Å². The second-order valence-corrected chi connectivity index (χ2v) is 2.63. The van der Waals surface area contributed by atoms with Crippen LogP contribution in [0.4, 0.5) is 0 Å². The van der Waals surface area contributed by atoms with Crippen molar-refractivity contribution in [2.24, 2.45) is 5.92 Å². The molecule has 0 spiro atoms. The van der Waals surface area contributed by atoms with Gasteiger partial charge in [-0.1, -0.05) is 12.2 Å². The smallest absolute Gasteiger partial charge is 0.311 e. The summed E-state index contributed by atoms with van der Waals surface area (Å²) in [5.41, 5.74) is 0. The van der Waals surface area contributed by atoms with Gasteiger partial charge in [-0.15, -0.1) is 0 Å². The van der Waals surface area contributed by atoms with E-state index in [0.29, 0.717) is 6.42 Å². The maximum atomic E-state index is 11.0. The summed E-state index contributed by atoms with van der Waals surface area (Å²) in [5.74, 6) is -0.674. The minimum atomic E-state index is -0.656. The van der Waals surface area contributed by atoms with Gasteiger partial charge in [-0.05, 0) is 12.8 Å². The molecule has 3 heteroatoms. The minimum absolute atomic E-state index is 0.318. The van der Waals surface area contributed by atoms with E-state index in [9.17, 15) is 9.90 Å². The van der Waals surface area contributed by atoms with Gasteiger partial charge in [0.1, 0.15) is 0 Å². The molecule has 0 aromatic heterocycles. The van der Waals surface area contributed by atoms with Crippen molar-refractivity contribution in [3.8, 4) is 0 Å². The van der Waals surface area contributed by atoms with Crippen molar-refractivity contribution in [2.45, 2.75) is 18.9 Å². The van der Waals surface area contributed by atoms with Gasteiger partial charge in [0.25, 0.3) is 0 Å². The zero-order valence-electron chi connectivity index (χ0n) is 6.49. The van der Waals surface area contributed by atoms with Gasteiger partial charge in [0.2, 0.25) is 0 Å². The third kappa shape index (κ3) is 1.80. The molecule has 0 aromatic carbocycles. The molecule has 1 N–H and O–H groups in total. The molecule has 0 amide bonds. The Morgan fingerprint density at radius 2 is 2.45 bits per heavy atom. The van der Waals surface area contributed by atoms with Crippen LogP contribution in [0.2, 0.25) is 0 Å². The quantitative estimate of drug-likeness (QED) is 0.444. The zero-order valence-corrected chi connectivity index (χ0v) is 6.49.